The summed E-state index contributed by atoms with van der Waals surface area (Å²) in [5.74, 6) is 0.0432. The number of rotatable bonds is 19. The van der Waals surface area contributed by atoms with E-state index in [1.165, 1.54) is 16.2 Å². The van der Waals surface area contributed by atoms with Gasteiger partial charge in [-0.3, -0.25) is 24.1 Å². The summed E-state index contributed by atoms with van der Waals surface area (Å²) < 4.78 is 23.5. The van der Waals surface area contributed by atoms with Crippen LogP contribution >= 0.6 is 11.6 Å². The number of nitrogens with one attached hydrogen (secondary N) is 3. The maximum absolute atomic E-state index is 14.3. The first-order chi connectivity index (χ1) is 34.7. The van der Waals surface area contributed by atoms with Crippen molar-refractivity contribution in [1.29, 1.82) is 5.26 Å². The third-order valence-electron chi connectivity index (χ3n) is 13.6. The normalized spacial score (nSPS) is 19.3. The molecule has 0 spiro atoms. The number of ether oxygens (including phenoxy) is 3. The van der Waals surface area contributed by atoms with E-state index >= 15 is 0 Å². The Morgan fingerprint density at radius 1 is 0.946 bits per heavy atom. The van der Waals surface area contributed by atoms with E-state index in [0.717, 1.165) is 16.8 Å². The second-order valence-corrected chi connectivity index (χ2v) is 23.0. The molecule has 2 heterocycles. The van der Waals surface area contributed by atoms with E-state index in [-0.39, 0.29) is 50.7 Å². The van der Waals surface area contributed by atoms with Gasteiger partial charge in [0.25, 0.3) is 5.91 Å². The topological polar surface area (TPSA) is 226 Å². The van der Waals surface area contributed by atoms with Crippen molar-refractivity contribution < 1.29 is 47.7 Å². The second kappa shape index (κ2) is 23.3. The molecule has 74 heavy (non-hydrogen) atoms. The minimum Gasteiger partial charge on any atom is -0.494 e. The number of hydrogen-bond acceptors (Lipinski definition) is 12. The zero-order valence-corrected chi connectivity index (χ0v) is 45.2. The lowest BCUT2D eigenvalue weighted by atomic mass is 9.49. The molecular formula is C56H72ClN7O10. The van der Waals surface area contributed by atoms with E-state index in [1.54, 1.807) is 84.0 Å². The molecule has 5 amide bonds. The van der Waals surface area contributed by atoms with Gasteiger partial charge < -0.3 is 44.6 Å². The summed E-state index contributed by atoms with van der Waals surface area (Å²) in [6.45, 7) is 20.9. The summed E-state index contributed by atoms with van der Waals surface area (Å²) in [6.07, 6.45) is 1.36. The van der Waals surface area contributed by atoms with Crippen molar-refractivity contribution in [2.75, 3.05) is 26.2 Å². The summed E-state index contributed by atoms with van der Waals surface area (Å²) in [4.78, 5) is 75.4. The van der Waals surface area contributed by atoms with Gasteiger partial charge in [-0.05, 0) is 94.3 Å². The largest absolute Gasteiger partial charge is 0.494 e. The Kier molecular flexibility index (Phi) is 17.8. The van der Waals surface area contributed by atoms with Crippen LogP contribution in [0.1, 0.15) is 122 Å². The van der Waals surface area contributed by atoms with Gasteiger partial charge in [-0.1, -0.05) is 84.3 Å². The number of benzene rings is 3. The SMILES string of the molecule is Cc1ncoc1-c1ccc(CNC(=O)[C@@H]2C[C@@H](O)CN2C(=O)C(NC(=O)CN(CCCCCOc2ccc(C(=O)N[C@H]3C(C)(C)[C@H](Oc4ccc(C#N)c(Cl)c4)C3(C)C)cc2)C(=O)OC(C)(C)C)C(C)(C)C)cc1. The molecule has 1 aromatic heterocycles. The molecule has 2 aliphatic rings. The van der Waals surface area contributed by atoms with Crippen molar-refractivity contribution in [2.24, 2.45) is 16.2 Å². The van der Waals surface area contributed by atoms with E-state index in [9.17, 15) is 34.3 Å². The van der Waals surface area contributed by atoms with E-state index in [1.807, 2.05) is 58.9 Å². The van der Waals surface area contributed by atoms with Gasteiger partial charge in [-0.15, -0.1) is 0 Å². The number of nitrogens with zero attached hydrogens (tertiary/aromatic N) is 4. The molecule has 2 fully saturated rings. The summed E-state index contributed by atoms with van der Waals surface area (Å²) in [5.41, 5.74) is 0.784. The van der Waals surface area contributed by atoms with Crippen LogP contribution in [0.3, 0.4) is 0 Å². The summed E-state index contributed by atoms with van der Waals surface area (Å²) >= 11 is 6.25. The van der Waals surface area contributed by atoms with Gasteiger partial charge in [0.15, 0.2) is 12.2 Å². The maximum atomic E-state index is 14.3. The number of aryl methyl sites for hydroxylation is 1. The second-order valence-electron chi connectivity index (χ2n) is 22.6. The number of halogens is 1. The molecule has 0 bridgehead atoms. The monoisotopic (exact) mass is 1040 g/mol. The zero-order chi connectivity index (χ0) is 54.3. The van der Waals surface area contributed by atoms with Gasteiger partial charge in [0, 0.05) is 60.1 Å². The van der Waals surface area contributed by atoms with E-state index in [0.29, 0.717) is 59.3 Å². The number of likely N-dealkylation sites (tertiary alicyclic amines) is 1. The summed E-state index contributed by atoms with van der Waals surface area (Å²) in [5, 5.41) is 29.2. The molecule has 398 valence electrons. The molecule has 3 atom stereocenters. The smallest absolute Gasteiger partial charge is 0.410 e. The highest BCUT2D eigenvalue weighted by Crippen LogP contribution is 2.55. The van der Waals surface area contributed by atoms with Crippen molar-refractivity contribution in [3.05, 3.63) is 101 Å². The first-order valence-corrected chi connectivity index (χ1v) is 25.5. The molecule has 1 aliphatic heterocycles. The lowest BCUT2D eigenvalue weighted by Crippen LogP contribution is -2.74. The first kappa shape index (κ1) is 56.7. The quantitative estimate of drug-likeness (QED) is 0.0650. The fraction of sp³-hybridized carbons (Fsp3) is 0.518. The summed E-state index contributed by atoms with van der Waals surface area (Å²) in [6, 6.07) is 19.2. The van der Waals surface area contributed by atoms with E-state index in [4.69, 9.17) is 30.2 Å². The number of hydrogen-bond donors (Lipinski definition) is 4. The fourth-order valence-electron chi connectivity index (χ4n) is 10.0. The highest BCUT2D eigenvalue weighted by atomic mass is 35.5. The van der Waals surface area contributed by atoms with Crippen molar-refractivity contribution in [3.63, 3.8) is 0 Å². The minimum absolute atomic E-state index is 0.0335. The maximum Gasteiger partial charge on any atom is 0.410 e. The Bertz CT molecular complexity index is 2670. The molecule has 1 aliphatic carbocycles. The van der Waals surface area contributed by atoms with Crippen LogP contribution in [-0.2, 0) is 25.7 Å². The number of oxazole rings is 1. The lowest BCUT2D eigenvalue weighted by Gasteiger charge is -2.63. The van der Waals surface area contributed by atoms with Gasteiger partial charge in [-0.2, -0.15) is 5.26 Å². The number of carbonyl (C=O) groups excluding carboxylic acids is 5. The zero-order valence-electron chi connectivity index (χ0n) is 44.5. The van der Waals surface area contributed by atoms with Crippen molar-refractivity contribution in [1.82, 2.24) is 30.7 Å². The molecule has 0 radical (unpaired) electrons. The number of carbonyl (C=O) groups is 5. The number of β-amino-alcohol motifs (C(OH)–C–C–N with tert-alkyl or cyclic N) is 1. The highest BCUT2D eigenvalue weighted by Gasteiger charge is 2.64. The van der Waals surface area contributed by atoms with Crippen LogP contribution in [0, 0.1) is 34.5 Å². The number of aliphatic hydroxyl groups is 1. The number of amides is 5. The number of unbranched alkanes of at least 4 members (excludes halogenated alkanes) is 2. The van der Waals surface area contributed by atoms with Crippen molar-refractivity contribution in [3.8, 4) is 28.9 Å². The fourth-order valence-corrected chi connectivity index (χ4v) is 10.2. The molecule has 6 rings (SSSR count). The average Bonchev–Trinajstić information content (AvgIpc) is 3.95. The standard InChI is InChI=1S/C56H72ClN7O10/c1-34-45(72-33-60-34)36-17-15-35(16-18-36)30-59-48(68)43-27-39(65)31-64(43)49(69)46(53(2,3)4)61-44(66)32-63(52(70)74-54(5,6)7)25-13-12-14-26-71-40-22-19-37(20-23-40)47(67)62-50-55(8,9)51(56(50,10)11)73-41-24-21-38(29-58)42(57)28-41/h15-24,28,33,39,43,46,50-51,65H,12-14,25-27,30-32H2,1-11H3,(H,59,68)(H,61,66)(H,62,67)/t39-,43+,46?,50-,51-/m1/s1. The van der Waals surface area contributed by atoms with Crippen molar-refractivity contribution in [2.45, 2.75) is 144 Å². The predicted molar refractivity (Wildman–Crippen MR) is 279 cm³/mol. The lowest BCUT2D eigenvalue weighted by molar-refractivity contribution is -0.164. The van der Waals surface area contributed by atoms with Gasteiger partial charge in [0.2, 0.25) is 17.7 Å². The Labute approximate surface area is 439 Å². The molecule has 3 aromatic carbocycles. The van der Waals surface area contributed by atoms with E-state index < -0.39 is 63.8 Å². The average molecular weight is 1040 g/mol. The van der Waals surface area contributed by atoms with Gasteiger partial charge in [0.1, 0.15) is 47.9 Å². The van der Waals surface area contributed by atoms with Crippen LogP contribution in [0.25, 0.3) is 11.3 Å². The van der Waals surface area contributed by atoms with Crippen LogP contribution in [0.15, 0.2) is 77.5 Å². The predicted octanol–water partition coefficient (Wildman–Crippen LogP) is 8.38. The molecule has 17 nitrogen and oxygen atoms in total. The number of aromatic nitrogens is 1. The number of nitriles is 1. The summed E-state index contributed by atoms with van der Waals surface area (Å²) in [7, 11) is 0. The van der Waals surface area contributed by atoms with Gasteiger partial charge in [0.05, 0.1) is 29.0 Å². The Morgan fingerprint density at radius 3 is 2.20 bits per heavy atom. The molecule has 1 unspecified atom stereocenters. The highest BCUT2D eigenvalue weighted by molar-refractivity contribution is 6.31. The Hall–Kier alpha value is -6.64. The Morgan fingerprint density at radius 2 is 1.61 bits per heavy atom. The molecule has 4 aromatic rings. The van der Waals surface area contributed by atoms with E-state index in [2.05, 4.69) is 27.0 Å². The van der Waals surface area contributed by atoms with Crippen LogP contribution in [0.2, 0.25) is 5.02 Å². The van der Waals surface area contributed by atoms with Gasteiger partial charge in [-0.25, -0.2) is 9.78 Å². The van der Waals surface area contributed by atoms with Gasteiger partial charge >= 0.3 is 6.09 Å². The molecule has 1 saturated heterocycles. The minimum atomic E-state index is -1.10. The van der Waals surface area contributed by atoms with Crippen LogP contribution in [-0.4, -0.2) is 112 Å². The molecular weight excluding hydrogens is 966 g/mol. The van der Waals surface area contributed by atoms with Crippen LogP contribution < -0.4 is 25.4 Å². The Balaban J connectivity index is 0.975. The van der Waals surface area contributed by atoms with Crippen LogP contribution in [0.5, 0.6) is 11.5 Å². The third-order valence-corrected chi connectivity index (χ3v) is 13.9. The molecule has 4 N–H and O–H groups in total. The first-order valence-electron chi connectivity index (χ1n) is 25.1. The third kappa shape index (κ3) is 13.9. The van der Waals surface area contributed by atoms with Crippen LogP contribution in [0.4, 0.5) is 4.79 Å². The van der Waals surface area contributed by atoms with Crippen molar-refractivity contribution >= 4 is 41.3 Å². The number of aliphatic hydroxyl groups excluding tert-OH is 1. The molecule has 1 saturated carbocycles. The molecule has 18 heteroatoms.